The SMILES string of the molecule is CCCc1nccn1-c1cc(=O)[nH]c(C2CC2)n1. The lowest BCUT2D eigenvalue weighted by Crippen LogP contribution is -2.14. The maximum absolute atomic E-state index is 11.7. The number of hydrogen-bond acceptors (Lipinski definition) is 3. The third-order valence-electron chi connectivity index (χ3n) is 3.15. The molecule has 2 aromatic heterocycles. The molecule has 1 fully saturated rings. The number of rotatable bonds is 4. The lowest BCUT2D eigenvalue weighted by Gasteiger charge is -2.07. The predicted molar refractivity (Wildman–Crippen MR) is 67.9 cm³/mol. The van der Waals surface area contributed by atoms with Gasteiger partial charge >= 0.3 is 0 Å². The molecule has 1 saturated carbocycles. The topological polar surface area (TPSA) is 63.6 Å². The Kier molecular flexibility index (Phi) is 2.74. The summed E-state index contributed by atoms with van der Waals surface area (Å²) in [6, 6.07) is 1.53. The molecule has 0 bridgehead atoms. The summed E-state index contributed by atoms with van der Waals surface area (Å²) in [5.41, 5.74) is -0.0851. The summed E-state index contributed by atoms with van der Waals surface area (Å²) in [4.78, 5) is 23.4. The van der Waals surface area contributed by atoms with Gasteiger partial charge in [0.05, 0.1) is 0 Å². The van der Waals surface area contributed by atoms with Crippen molar-refractivity contribution in [3.8, 4) is 5.82 Å². The highest BCUT2D eigenvalue weighted by Gasteiger charge is 2.26. The molecule has 3 rings (SSSR count). The van der Waals surface area contributed by atoms with Crippen molar-refractivity contribution >= 4 is 0 Å². The molecular formula is C13H16N4O. The van der Waals surface area contributed by atoms with Crippen LogP contribution < -0.4 is 5.56 Å². The minimum atomic E-state index is -0.0851. The molecule has 0 aromatic carbocycles. The molecule has 1 N–H and O–H groups in total. The molecular weight excluding hydrogens is 228 g/mol. The van der Waals surface area contributed by atoms with Gasteiger partial charge in [-0.05, 0) is 19.3 Å². The van der Waals surface area contributed by atoms with Crippen LogP contribution >= 0.6 is 0 Å². The van der Waals surface area contributed by atoms with Gasteiger partial charge in [0.1, 0.15) is 17.5 Å². The number of hydrogen-bond donors (Lipinski definition) is 1. The molecule has 0 spiro atoms. The molecule has 2 heterocycles. The van der Waals surface area contributed by atoms with E-state index >= 15 is 0 Å². The van der Waals surface area contributed by atoms with Crippen LogP contribution in [0.4, 0.5) is 0 Å². The van der Waals surface area contributed by atoms with Gasteiger partial charge in [0.25, 0.3) is 5.56 Å². The van der Waals surface area contributed by atoms with Gasteiger partial charge < -0.3 is 4.98 Å². The van der Waals surface area contributed by atoms with E-state index < -0.39 is 0 Å². The normalized spacial score (nSPS) is 14.9. The first-order valence-electron chi connectivity index (χ1n) is 6.42. The van der Waals surface area contributed by atoms with Crippen LogP contribution in [0.5, 0.6) is 0 Å². The average molecular weight is 244 g/mol. The van der Waals surface area contributed by atoms with Crippen LogP contribution in [0.2, 0.25) is 0 Å². The molecule has 94 valence electrons. The Bertz CT molecular complexity index is 609. The molecule has 0 saturated heterocycles. The fourth-order valence-electron chi connectivity index (χ4n) is 2.09. The van der Waals surface area contributed by atoms with Crippen molar-refractivity contribution in [3.63, 3.8) is 0 Å². The fourth-order valence-corrected chi connectivity index (χ4v) is 2.09. The van der Waals surface area contributed by atoms with E-state index in [0.29, 0.717) is 11.7 Å². The van der Waals surface area contributed by atoms with Crippen LogP contribution in [-0.2, 0) is 6.42 Å². The largest absolute Gasteiger partial charge is 0.310 e. The number of imidazole rings is 1. The van der Waals surface area contributed by atoms with E-state index in [9.17, 15) is 4.79 Å². The summed E-state index contributed by atoms with van der Waals surface area (Å²) < 4.78 is 1.91. The van der Waals surface area contributed by atoms with Gasteiger partial charge in [-0.1, -0.05) is 6.92 Å². The first kappa shape index (κ1) is 11.2. The monoisotopic (exact) mass is 244 g/mol. The lowest BCUT2D eigenvalue weighted by molar-refractivity contribution is 0.782. The summed E-state index contributed by atoms with van der Waals surface area (Å²) in [5.74, 6) is 2.89. The molecule has 1 aliphatic rings. The fraction of sp³-hybridized carbons (Fsp3) is 0.462. The van der Waals surface area contributed by atoms with E-state index in [4.69, 9.17) is 0 Å². The van der Waals surface area contributed by atoms with Gasteiger partial charge in [-0.25, -0.2) is 9.97 Å². The van der Waals surface area contributed by atoms with Crippen LogP contribution in [0.25, 0.3) is 5.82 Å². The standard InChI is InChI=1S/C13H16N4O/c1-2-3-10-14-6-7-17(10)11-8-12(18)16-13(15-11)9-4-5-9/h6-9H,2-5H2,1H3,(H,15,16,18). The Morgan fingerprint density at radius 2 is 2.33 bits per heavy atom. The number of nitrogens with zero attached hydrogens (tertiary/aromatic N) is 3. The highest BCUT2D eigenvalue weighted by Crippen LogP contribution is 2.37. The van der Waals surface area contributed by atoms with Crippen molar-refractivity contribution in [1.29, 1.82) is 0 Å². The molecule has 0 atom stereocenters. The predicted octanol–water partition coefficient (Wildman–Crippen LogP) is 1.79. The molecule has 1 aliphatic carbocycles. The summed E-state index contributed by atoms with van der Waals surface area (Å²) >= 11 is 0. The van der Waals surface area contributed by atoms with Crippen molar-refractivity contribution in [2.24, 2.45) is 0 Å². The first-order valence-corrected chi connectivity index (χ1v) is 6.42. The Balaban J connectivity index is 2.04. The lowest BCUT2D eigenvalue weighted by atomic mass is 10.3. The van der Waals surface area contributed by atoms with Crippen molar-refractivity contribution < 1.29 is 0 Å². The molecule has 0 unspecified atom stereocenters. The van der Waals surface area contributed by atoms with Crippen molar-refractivity contribution in [3.05, 3.63) is 40.5 Å². The molecule has 0 amide bonds. The highest BCUT2D eigenvalue weighted by molar-refractivity contribution is 5.25. The maximum atomic E-state index is 11.7. The van der Waals surface area contributed by atoms with Crippen LogP contribution in [0, 0.1) is 0 Å². The Hall–Kier alpha value is -1.91. The molecule has 0 radical (unpaired) electrons. The minimum Gasteiger partial charge on any atom is -0.310 e. The summed E-state index contributed by atoms with van der Waals surface area (Å²) in [6.45, 7) is 2.11. The van der Waals surface area contributed by atoms with E-state index in [1.807, 2.05) is 10.8 Å². The zero-order valence-corrected chi connectivity index (χ0v) is 10.4. The summed E-state index contributed by atoms with van der Waals surface area (Å²) in [6.07, 6.45) is 7.78. The molecule has 2 aromatic rings. The third kappa shape index (κ3) is 2.08. The second-order valence-corrected chi connectivity index (χ2v) is 4.73. The van der Waals surface area contributed by atoms with Gasteiger partial charge in [-0.3, -0.25) is 9.36 Å². The van der Waals surface area contributed by atoms with E-state index in [1.165, 1.54) is 6.07 Å². The Morgan fingerprint density at radius 1 is 1.50 bits per heavy atom. The van der Waals surface area contributed by atoms with E-state index in [0.717, 1.165) is 37.3 Å². The van der Waals surface area contributed by atoms with Crippen molar-refractivity contribution in [1.82, 2.24) is 19.5 Å². The van der Waals surface area contributed by atoms with Crippen molar-refractivity contribution in [2.75, 3.05) is 0 Å². The number of aromatic amines is 1. The Labute approximate surface area is 105 Å². The zero-order valence-electron chi connectivity index (χ0n) is 10.4. The van der Waals surface area contributed by atoms with Gasteiger partial charge in [0.2, 0.25) is 0 Å². The van der Waals surface area contributed by atoms with Crippen LogP contribution in [0.15, 0.2) is 23.3 Å². The number of H-pyrrole nitrogens is 1. The maximum Gasteiger partial charge on any atom is 0.253 e. The summed E-state index contributed by atoms with van der Waals surface area (Å²) in [7, 11) is 0. The van der Waals surface area contributed by atoms with Crippen molar-refractivity contribution in [2.45, 2.75) is 38.5 Å². The highest BCUT2D eigenvalue weighted by atomic mass is 16.1. The van der Waals surface area contributed by atoms with E-state index in [1.54, 1.807) is 6.20 Å². The average Bonchev–Trinajstić information content (AvgIpc) is 3.10. The number of aromatic nitrogens is 4. The van der Waals surface area contributed by atoms with Crippen LogP contribution in [0.1, 0.15) is 43.8 Å². The third-order valence-corrected chi connectivity index (χ3v) is 3.15. The Morgan fingerprint density at radius 3 is 3.06 bits per heavy atom. The molecule has 0 aliphatic heterocycles. The second-order valence-electron chi connectivity index (χ2n) is 4.73. The molecule has 18 heavy (non-hydrogen) atoms. The smallest absolute Gasteiger partial charge is 0.253 e. The second kappa shape index (κ2) is 4.40. The van der Waals surface area contributed by atoms with E-state index in [-0.39, 0.29) is 5.56 Å². The van der Waals surface area contributed by atoms with Gasteiger partial charge in [-0.2, -0.15) is 0 Å². The van der Waals surface area contributed by atoms with Gasteiger partial charge in [0, 0.05) is 30.8 Å². The quantitative estimate of drug-likeness (QED) is 0.891. The van der Waals surface area contributed by atoms with Gasteiger partial charge in [0.15, 0.2) is 0 Å². The van der Waals surface area contributed by atoms with Gasteiger partial charge in [-0.15, -0.1) is 0 Å². The minimum absolute atomic E-state index is 0.0851. The zero-order chi connectivity index (χ0) is 12.5. The summed E-state index contributed by atoms with van der Waals surface area (Å²) in [5, 5.41) is 0. The van der Waals surface area contributed by atoms with E-state index in [2.05, 4.69) is 21.9 Å². The molecule has 5 heteroatoms. The first-order chi connectivity index (χ1) is 8.78. The number of aryl methyl sites for hydroxylation is 1. The van der Waals surface area contributed by atoms with Crippen LogP contribution in [0.3, 0.4) is 0 Å². The van der Waals surface area contributed by atoms with Crippen LogP contribution in [-0.4, -0.2) is 19.5 Å². The molecule has 5 nitrogen and oxygen atoms in total. The number of nitrogens with one attached hydrogen (secondary N) is 1.